The van der Waals surface area contributed by atoms with Gasteiger partial charge in [-0.3, -0.25) is 14.5 Å². The molecular formula is C24H26N4O4S. The summed E-state index contributed by atoms with van der Waals surface area (Å²) in [7, 11) is 3.10. The average molecular weight is 467 g/mol. The van der Waals surface area contributed by atoms with E-state index >= 15 is 0 Å². The summed E-state index contributed by atoms with van der Waals surface area (Å²) in [5, 5.41) is 3.27. The van der Waals surface area contributed by atoms with Crippen LogP contribution in [0.1, 0.15) is 16.8 Å². The molecule has 0 bridgehead atoms. The number of aromatic nitrogens is 2. The first-order valence-corrected chi connectivity index (χ1v) is 11.6. The summed E-state index contributed by atoms with van der Waals surface area (Å²) in [6.07, 6.45) is 0.704. The predicted molar refractivity (Wildman–Crippen MR) is 128 cm³/mol. The van der Waals surface area contributed by atoms with Crippen molar-refractivity contribution in [2.24, 2.45) is 0 Å². The molecule has 1 aromatic heterocycles. The Labute approximate surface area is 196 Å². The third-order valence-electron chi connectivity index (χ3n) is 5.35. The number of hydrogen-bond acceptors (Lipinski definition) is 7. The number of aromatic amines is 1. The SMILES string of the molecule is COc1cc(NC(=O)CSc2nc3c(c(=O)[nH]2)CN(Cc2ccccc2)CC3)cc(OC)c1. The maximum Gasteiger partial charge on any atom is 0.256 e. The summed E-state index contributed by atoms with van der Waals surface area (Å²) in [5.74, 6) is 1.06. The molecule has 8 nitrogen and oxygen atoms in total. The zero-order valence-electron chi connectivity index (χ0n) is 18.6. The number of fused-ring (bicyclic) bond motifs is 1. The van der Waals surface area contributed by atoms with Gasteiger partial charge in [-0.1, -0.05) is 42.1 Å². The Balaban J connectivity index is 1.37. The van der Waals surface area contributed by atoms with Crippen LogP contribution in [0.2, 0.25) is 0 Å². The number of thioether (sulfide) groups is 1. The molecule has 9 heteroatoms. The largest absolute Gasteiger partial charge is 0.497 e. The van der Waals surface area contributed by atoms with Gasteiger partial charge in [0.05, 0.1) is 31.2 Å². The highest BCUT2D eigenvalue weighted by molar-refractivity contribution is 7.99. The Morgan fingerprint density at radius 2 is 1.88 bits per heavy atom. The van der Waals surface area contributed by atoms with Crippen LogP contribution in [0.25, 0.3) is 0 Å². The summed E-state index contributed by atoms with van der Waals surface area (Å²) < 4.78 is 10.5. The van der Waals surface area contributed by atoms with Gasteiger partial charge in [0.1, 0.15) is 11.5 Å². The molecule has 4 rings (SSSR count). The van der Waals surface area contributed by atoms with Gasteiger partial charge in [0.25, 0.3) is 5.56 Å². The van der Waals surface area contributed by atoms with Crippen molar-refractivity contribution in [3.8, 4) is 11.5 Å². The molecular weight excluding hydrogens is 440 g/mol. The van der Waals surface area contributed by atoms with Gasteiger partial charge in [0.15, 0.2) is 5.16 Å². The van der Waals surface area contributed by atoms with Gasteiger partial charge in [0.2, 0.25) is 5.91 Å². The topological polar surface area (TPSA) is 96.5 Å². The number of rotatable bonds is 8. The van der Waals surface area contributed by atoms with Crippen LogP contribution in [-0.4, -0.2) is 47.3 Å². The molecule has 0 atom stereocenters. The molecule has 33 heavy (non-hydrogen) atoms. The fourth-order valence-corrected chi connectivity index (χ4v) is 4.39. The van der Waals surface area contributed by atoms with Crippen LogP contribution in [-0.2, 0) is 24.3 Å². The molecule has 1 aliphatic rings. The van der Waals surface area contributed by atoms with Gasteiger partial charge >= 0.3 is 0 Å². The second-order valence-electron chi connectivity index (χ2n) is 7.68. The minimum absolute atomic E-state index is 0.112. The summed E-state index contributed by atoms with van der Waals surface area (Å²) in [5.41, 5.74) is 3.16. The number of carbonyl (C=O) groups is 1. The summed E-state index contributed by atoms with van der Waals surface area (Å²) >= 11 is 1.20. The molecule has 0 radical (unpaired) electrons. The maximum atomic E-state index is 12.7. The summed E-state index contributed by atoms with van der Waals surface area (Å²) in [6.45, 7) is 2.20. The molecule has 0 saturated heterocycles. The lowest BCUT2D eigenvalue weighted by Gasteiger charge is -2.27. The van der Waals surface area contributed by atoms with Crippen molar-refractivity contribution in [1.29, 1.82) is 0 Å². The number of carbonyl (C=O) groups excluding carboxylic acids is 1. The number of benzene rings is 2. The van der Waals surface area contributed by atoms with Gasteiger partial charge in [-0.25, -0.2) is 4.98 Å². The smallest absolute Gasteiger partial charge is 0.256 e. The van der Waals surface area contributed by atoms with Crippen LogP contribution in [0.15, 0.2) is 58.5 Å². The predicted octanol–water partition coefficient (Wildman–Crippen LogP) is 3.08. The van der Waals surface area contributed by atoms with Crippen LogP contribution in [0.4, 0.5) is 5.69 Å². The van der Waals surface area contributed by atoms with E-state index in [1.54, 1.807) is 32.4 Å². The first kappa shape index (κ1) is 22.9. The van der Waals surface area contributed by atoms with Crippen LogP contribution < -0.4 is 20.3 Å². The molecule has 0 unspecified atom stereocenters. The second kappa shape index (κ2) is 10.5. The van der Waals surface area contributed by atoms with Crippen molar-refractivity contribution in [2.75, 3.05) is 31.8 Å². The van der Waals surface area contributed by atoms with Crippen molar-refractivity contribution in [1.82, 2.24) is 14.9 Å². The van der Waals surface area contributed by atoms with Crippen molar-refractivity contribution in [2.45, 2.75) is 24.7 Å². The monoisotopic (exact) mass is 466 g/mol. The normalized spacial score (nSPS) is 13.3. The number of H-pyrrole nitrogens is 1. The number of nitrogens with one attached hydrogen (secondary N) is 2. The lowest BCUT2D eigenvalue weighted by molar-refractivity contribution is -0.113. The van der Waals surface area contributed by atoms with Gasteiger partial charge in [-0.2, -0.15) is 0 Å². The number of hydrogen-bond donors (Lipinski definition) is 2. The molecule has 1 aliphatic heterocycles. The zero-order valence-corrected chi connectivity index (χ0v) is 19.4. The fraction of sp³-hybridized carbons (Fsp3) is 0.292. The summed E-state index contributed by atoms with van der Waals surface area (Å²) in [6, 6.07) is 15.4. The maximum absolute atomic E-state index is 12.7. The Kier molecular flexibility index (Phi) is 7.31. The molecule has 1 amide bonds. The van der Waals surface area contributed by atoms with Crippen molar-refractivity contribution >= 4 is 23.4 Å². The van der Waals surface area contributed by atoms with E-state index in [0.717, 1.165) is 18.8 Å². The molecule has 0 saturated carbocycles. The van der Waals surface area contributed by atoms with Gasteiger partial charge in [-0.05, 0) is 5.56 Å². The minimum Gasteiger partial charge on any atom is -0.497 e. The third kappa shape index (κ3) is 5.94. The number of amides is 1. The molecule has 2 aromatic carbocycles. The Bertz CT molecular complexity index is 1160. The highest BCUT2D eigenvalue weighted by Crippen LogP contribution is 2.26. The van der Waals surface area contributed by atoms with E-state index in [4.69, 9.17) is 9.47 Å². The van der Waals surface area contributed by atoms with Gasteiger partial charge < -0.3 is 19.8 Å². The summed E-state index contributed by atoms with van der Waals surface area (Å²) in [4.78, 5) is 34.8. The fourth-order valence-electron chi connectivity index (χ4n) is 3.71. The van der Waals surface area contributed by atoms with E-state index in [0.29, 0.717) is 40.9 Å². The molecule has 0 fully saturated rings. The first-order valence-electron chi connectivity index (χ1n) is 10.6. The number of ether oxygens (including phenoxy) is 2. The molecule has 2 heterocycles. The van der Waals surface area contributed by atoms with E-state index in [1.165, 1.54) is 17.3 Å². The number of nitrogens with zero attached hydrogens (tertiary/aromatic N) is 2. The van der Waals surface area contributed by atoms with Crippen molar-refractivity contribution < 1.29 is 14.3 Å². The highest BCUT2D eigenvalue weighted by Gasteiger charge is 2.21. The average Bonchev–Trinajstić information content (AvgIpc) is 2.83. The molecule has 3 aromatic rings. The van der Waals surface area contributed by atoms with Crippen molar-refractivity contribution in [3.05, 3.63) is 75.7 Å². The first-order chi connectivity index (χ1) is 16.0. The lowest BCUT2D eigenvalue weighted by Crippen LogP contribution is -2.35. The van der Waals surface area contributed by atoms with E-state index in [9.17, 15) is 9.59 Å². The zero-order chi connectivity index (χ0) is 23.2. The van der Waals surface area contributed by atoms with E-state index < -0.39 is 0 Å². The second-order valence-corrected chi connectivity index (χ2v) is 8.64. The molecule has 2 N–H and O–H groups in total. The van der Waals surface area contributed by atoms with E-state index in [1.807, 2.05) is 18.2 Å². The van der Waals surface area contributed by atoms with Crippen molar-refractivity contribution in [3.63, 3.8) is 0 Å². The van der Waals surface area contributed by atoms with Crippen LogP contribution in [0, 0.1) is 0 Å². The van der Waals surface area contributed by atoms with Crippen LogP contribution in [0.5, 0.6) is 11.5 Å². The third-order valence-corrected chi connectivity index (χ3v) is 6.22. The van der Waals surface area contributed by atoms with Crippen LogP contribution in [0.3, 0.4) is 0 Å². The molecule has 0 spiro atoms. The Hall–Kier alpha value is -3.30. The van der Waals surface area contributed by atoms with Gasteiger partial charge in [-0.15, -0.1) is 0 Å². The molecule has 172 valence electrons. The Morgan fingerprint density at radius 3 is 2.58 bits per heavy atom. The lowest BCUT2D eigenvalue weighted by atomic mass is 10.1. The van der Waals surface area contributed by atoms with Gasteiger partial charge in [0, 0.05) is 49.9 Å². The molecule has 0 aliphatic carbocycles. The minimum atomic E-state index is -0.218. The Morgan fingerprint density at radius 1 is 1.15 bits per heavy atom. The quantitative estimate of drug-likeness (QED) is 0.389. The van der Waals surface area contributed by atoms with Crippen LogP contribution >= 0.6 is 11.8 Å². The van der Waals surface area contributed by atoms with E-state index in [2.05, 4.69) is 32.3 Å². The number of methoxy groups -OCH3 is 2. The number of anilines is 1. The standard InChI is InChI=1S/C24H26N4O4S/c1-31-18-10-17(11-19(12-18)32-2)25-22(29)15-33-24-26-21-8-9-28(14-20(21)23(30)27-24)13-16-6-4-3-5-7-16/h3-7,10-12H,8-9,13-15H2,1-2H3,(H,25,29)(H,26,27,30). The van der Waals surface area contributed by atoms with E-state index in [-0.39, 0.29) is 17.2 Å². The highest BCUT2D eigenvalue weighted by atomic mass is 32.2.